The van der Waals surface area contributed by atoms with Crippen LogP contribution >= 0.6 is 0 Å². The van der Waals surface area contributed by atoms with Gasteiger partial charge in [0.15, 0.2) is 0 Å². The normalized spacial score (nSPS) is 15.2. The molecule has 1 aliphatic rings. The molecule has 0 bridgehead atoms. The third-order valence-electron chi connectivity index (χ3n) is 7.79. The van der Waals surface area contributed by atoms with Crippen LogP contribution in [0, 0.1) is 17.0 Å². The zero-order valence-corrected chi connectivity index (χ0v) is 23.4. The second-order valence-electron chi connectivity index (χ2n) is 10.6. The van der Waals surface area contributed by atoms with E-state index in [0.717, 1.165) is 5.56 Å². The maximum atomic E-state index is 13.8. The fraction of sp³-hybridized carbons (Fsp3) is 0.290. The zero-order chi connectivity index (χ0) is 30.6. The van der Waals surface area contributed by atoms with Crippen molar-refractivity contribution >= 4 is 17.4 Å². The van der Waals surface area contributed by atoms with Crippen molar-refractivity contribution in [1.82, 2.24) is 19.8 Å². The molecule has 43 heavy (non-hydrogen) atoms. The molecular formula is C31H31F3N6O3. The zero-order valence-electron chi connectivity index (χ0n) is 23.4. The standard InChI is InChI=1S/C31H31F3N6O3/c1-21-7-10-23(17-27(21)31(32,33)34)29(28-18-35-20-36-28)38-15-13-25(14-16-38)39(30(41)37-24-5-3-2-4-6-24)19-22-8-11-26(12-9-22)40(42)43/h2-12,17-18,20,25,29H,13-16,19H2,1H3,(H,35,36)(H,37,41). The summed E-state index contributed by atoms with van der Waals surface area (Å²) in [5.74, 6) is 0. The molecule has 0 aliphatic carbocycles. The van der Waals surface area contributed by atoms with Gasteiger partial charge in [-0.2, -0.15) is 13.2 Å². The van der Waals surface area contributed by atoms with Crippen LogP contribution in [0.2, 0.25) is 0 Å². The van der Waals surface area contributed by atoms with Crippen LogP contribution in [-0.2, 0) is 12.7 Å². The first kappa shape index (κ1) is 29.8. The first-order valence-electron chi connectivity index (χ1n) is 13.9. The van der Waals surface area contributed by atoms with E-state index in [1.165, 1.54) is 37.5 Å². The maximum absolute atomic E-state index is 13.8. The topological polar surface area (TPSA) is 107 Å². The predicted octanol–water partition coefficient (Wildman–Crippen LogP) is 6.93. The minimum atomic E-state index is -4.48. The maximum Gasteiger partial charge on any atom is 0.416 e. The lowest BCUT2D eigenvalue weighted by Crippen LogP contribution is -2.49. The fourth-order valence-electron chi connectivity index (χ4n) is 5.58. The SMILES string of the molecule is Cc1ccc(C(c2cnc[nH]2)N2CCC(N(Cc3ccc([N+](=O)[O-])cc3)C(=O)Nc3ccccc3)CC2)cc1C(F)(F)F. The van der Waals surface area contributed by atoms with Gasteiger partial charge in [-0.3, -0.25) is 15.0 Å². The van der Waals surface area contributed by atoms with Gasteiger partial charge in [0.1, 0.15) is 0 Å². The van der Waals surface area contributed by atoms with Crippen molar-refractivity contribution in [2.75, 3.05) is 18.4 Å². The molecule has 1 saturated heterocycles. The smallest absolute Gasteiger partial charge is 0.347 e. The number of rotatable bonds is 8. The molecule has 4 aromatic rings. The number of urea groups is 1. The van der Waals surface area contributed by atoms with Crippen molar-refractivity contribution in [3.05, 3.63) is 123 Å². The summed E-state index contributed by atoms with van der Waals surface area (Å²) in [5.41, 5.74) is 2.02. The first-order chi connectivity index (χ1) is 20.6. The molecule has 9 nitrogen and oxygen atoms in total. The van der Waals surface area contributed by atoms with Gasteiger partial charge in [-0.1, -0.05) is 42.5 Å². The van der Waals surface area contributed by atoms with Crippen LogP contribution in [-0.4, -0.2) is 49.9 Å². The molecule has 0 saturated carbocycles. The summed E-state index contributed by atoms with van der Waals surface area (Å²) in [6.45, 7) is 2.71. The molecule has 0 spiro atoms. The number of anilines is 1. The highest BCUT2D eigenvalue weighted by Crippen LogP contribution is 2.37. The lowest BCUT2D eigenvalue weighted by Gasteiger charge is -2.41. The number of benzene rings is 3. The molecule has 2 amide bonds. The van der Waals surface area contributed by atoms with Crippen LogP contribution in [0.1, 0.15) is 46.8 Å². The lowest BCUT2D eigenvalue weighted by atomic mass is 9.94. The van der Waals surface area contributed by atoms with Crippen LogP contribution in [0.3, 0.4) is 0 Å². The predicted molar refractivity (Wildman–Crippen MR) is 155 cm³/mol. The van der Waals surface area contributed by atoms with Gasteiger partial charge >= 0.3 is 12.2 Å². The largest absolute Gasteiger partial charge is 0.416 e. The number of non-ortho nitro benzene ring substituents is 1. The Kier molecular flexibility index (Phi) is 8.76. The quantitative estimate of drug-likeness (QED) is 0.170. The molecule has 5 rings (SSSR count). The summed E-state index contributed by atoms with van der Waals surface area (Å²) < 4.78 is 41.3. The highest BCUT2D eigenvalue weighted by Gasteiger charge is 2.36. The average Bonchev–Trinajstić information content (AvgIpc) is 3.52. The van der Waals surface area contributed by atoms with E-state index >= 15 is 0 Å². The summed E-state index contributed by atoms with van der Waals surface area (Å²) in [5, 5.41) is 14.1. The number of halogens is 3. The van der Waals surface area contributed by atoms with Crippen molar-refractivity contribution in [2.45, 2.75) is 44.6 Å². The summed E-state index contributed by atoms with van der Waals surface area (Å²) in [6, 6.07) is 18.6. The Hall–Kier alpha value is -4.71. The number of likely N-dealkylation sites (tertiary alicyclic amines) is 1. The minimum absolute atomic E-state index is 0.0352. The van der Waals surface area contributed by atoms with Gasteiger partial charge in [0.25, 0.3) is 5.69 Å². The number of aromatic amines is 1. The van der Waals surface area contributed by atoms with E-state index < -0.39 is 22.7 Å². The van der Waals surface area contributed by atoms with E-state index in [4.69, 9.17) is 0 Å². The monoisotopic (exact) mass is 592 g/mol. The molecule has 1 atom stereocenters. The Bertz CT molecular complexity index is 1540. The minimum Gasteiger partial charge on any atom is -0.347 e. The molecule has 3 aromatic carbocycles. The number of nitro benzene ring substituents is 1. The molecule has 0 radical (unpaired) electrons. The van der Waals surface area contributed by atoms with Crippen molar-refractivity contribution < 1.29 is 22.9 Å². The van der Waals surface area contributed by atoms with Crippen LogP contribution in [0.4, 0.5) is 29.3 Å². The summed E-state index contributed by atoms with van der Waals surface area (Å²) in [7, 11) is 0. The summed E-state index contributed by atoms with van der Waals surface area (Å²) >= 11 is 0. The molecule has 12 heteroatoms. The van der Waals surface area contributed by atoms with Gasteiger partial charge in [0.2, 0.25) is 0 Å². The third-order valence-corrected chi connectivity index (χ3v) is 7.79. The first-order valence-corrected chi connectivity index (χ1v) is 13.9. The second-order valence-corrected chi connectivity index (χ2v) is 10.6. The number of hydrogen-bond donors (Lipinski definition) is 2. The van der Waals surface area contributed by atoms with E-state index in [2.05, 4.69) is 20.2 Å². The van der Waals surface area contributed by atoms with Gasteiger partial charge in [0, 0.05) is 49.7 Å². The van der Waals surface area contributed by atoms with Gasteiger partial charge in [-0.05, 0) is 54.7 Å². The molecule has 1 unspecified atom stereocenters. The van der Waals surface area contributed by atoms with Crippen LogP contribution in [0.15, 0.2) is 85.3 Å². The van der Waals surface area contributed by atoms with Crippen LogP contribution in [0.5, 0.6) is 0 Å². The van der Waals surface area contributed by atoms with E-state index in [1.54, 1.807) is 41.4 Å². The van der Waals surface area contributed by atoms with Crippen molar-refractivity contribution in [3.8, 4) is 0 Å². The second kappa shape index (κ2) is 12.7. The number of alkyl halides is 3. The number of nitrogens with zero attached hydrogens (tertiary/aromatic N) is 4. The molecule has 2 N–H and O–H groups in total. The third kappa shape index (κ3) is 7.03. The molecular weight excluding hydrogens is 561 g/mol. The highest BCUT2D eigenvalue weighted by atomic mass is 19.4. The van der Waals surface area contributed by atoms with Crippen molar-refractivity contribution in [1.29, 1.82) is 0 Å². The molecule has 1 fully saturated rings. The number of nitro groups is 1. The number of carbonyl (C=O) groups excluding carboxylic acids is 1. The Morgan fingerprint density at radius 1 is 1.12 bits per heavy atom. The number of H-pyrrole nitrogens is 1. The van der Waals surface area contributed by atoms with Gasteiger partial charge < -0.3 is 15.2 Å². The number of aryl methyl sites for hydroxylation is 1. The van der Waals surface area contributed by atoms with E-state index in [-0.39, 0.29) is 29.9 Å². The Morgan fingerprint density at radius 3 is 2.42 bits per heavy atom. The highest BCUT2D eigenvalue weighted by molar-refractivity contribution is 5.89. The number of para-hydroxylation sites is 1. The number of imidazole rings is 1. The Morgan fingerprint density at radius 2 is 1.81 bits per heavy atom. The van der Waals surface area contributed by atoms with E-state index in [9.17, 15) is 28.1 Å². The van der Waals surface area contributed by atoms with Crippen LogP contribution in [0.25, 0.3) is 0 Å². The number of piperidine rings is 1. The average molecular weight is 593 g/mol. The fourth-order valence-corrected chi connectivity index (χ4v) is 5.58. The van der Waals surface area contributed by atoms with Gasteiger partial charge in [-0.15, -0.1) is 0 Å². The number of hydrogen-bond acceptors (Lipinski definition) is 5. The van der Waals surface area contributed by atoms with E-state index in [0.29, 0.717) is 42.9 Å². The van der Waals surface area contributed by atoms with Gasteiger partial charge in [0.05, 0.1) is 28.5 Å². The Labute approximate surface area is 246 Å². The summed E-state index contributed by atoms with van der Waals surface area (Å²) in [4.78, 5) is 35.2. The lowest BCUT2D eigenvalue weighted by molar-refractivity contribution is -0.384. The number of amides is 2. The molecule has 1 aromatic heterocycles. The number of aromatic nitrogens is 2. The number of nitrogens with one attached hydrogen (secondary N) is 2. The van der Waals surface area contributed by atoms with Crippen LogP contribution < -0.4 is 5.32 Å². The summed E-state index contributed by atoms with van der Waals surface area (Å²) in [6.07, 6.45) is -0.211. The van der Waals surface area contributed by atoms with Crippen molar-refractivity contribution in [3.63, 3.8) is 0 Å². The molecule has 2 heterocycles. The molecule has 224 valence electrons. The number of carbonyl (C=O) groups is 1. The van der Waals surface area contributed by atoms with Crippen molar-refractivity contribution in [2.24, 2.45) is 0 Å². The Balaban J connectivity index is 1.38. The van der Waals surface area contributed by atoms with E-state index in [1.807, 2.05) is 18.2 Å². The molecule has 1 aliphatic heterocycles. The van der Waals surface area contributed by atoms with Gasteiger partial charge in [-0.25, -0.2) is 9.78 Å².